The van der Waals surface area contributed by atoms with Crippen molar-refractivity contribution in [3.05, 3.63) is 0 Å². The van der Waals surface area contributed by atoms with Crippen molar-refractivity contribution in [2.45, 2.75) is 238 Å². The summed E-state index contributed by atoms with van der Waals surface area (Å²) in [4.78, 5) is 15.2. The van der Waals surface area contributed by atoms with E-state index in [0.717, 1.165) is 38.5 Å². The van der Waals surface area contributed by atoms with Crippen LogP contribution in [0.3, 0.4) is 0 Å². The first kappa shape index (κ1) is 47.9. The SMILES string of the molecule is CCCCCCCCCCCCCCCCCCOC1(OCCCCCCCCCCCCCCCCCC)OOOOOP(=O)(O)OC1C. The highest BCUT2D eigenvalue weighted by Crippen LogP contribution is 2.48. The van der Waals surface area contributed by atoms with Crippen molar-refractivity contribution in [3.63, 3.8) is 0 Å². The number of ether oxygens (including phenoxy) is 2. The van der Waals surface area contributed by atoms with Crippen molar-refractivity contribution in [2.75, 3.05) is 13.2 Å². The van der Waals surface area contributed by atoms with Crippen molar-refractivity contribution in [3.8, 4) is 0 Å². The minimum Gasteiger partial charge on any atom is -0.323 e. The molecule has 0 saturated carbocycles. The zero-order valence-corrected chi connectivity index (χ0v) is 33.6. The topological polar surface area (TPSA) is 111 Å². The summed E-state index contributed by atoms with van der Waals surface area (Å²) in [6.45, 7) is 6.60. The maximum Gasteiger partial charge on any atom is 0.502 e. The van der Waals surface area contributed by atoms with Gasteiger partial charge in [0.1, 0.15) is 0 Å². The summed E-state index contributed by atoms with van der Waals surface area (Å²) in [5, 5.41) is 12.9. The van der Waals surface area contributed by atoms with Gasteiger partial charge in [-0.05, 0) is 34.9 Å². The van der Waals surface area contributed by atoms with E-state index in [0.29, 0.717) is 0 Å². The zero-order valence-electron chi connectivity index (χ0n) is 32.7. The van der Waals surface area contributed by atoms with Crippen LogP contribution in [0.4, 0.5) is 0 Å². The highest BCUT2D eigenvalue weighted by Gasteiger charge is 2.48. The van der Waals surface area contributed by atoms with E-state index in [1.165, 1.54) is 174 Å². The average molecular weight is 739 g/mol. The molecule has 0 aromatic rings. The van der Waals surface area contributed by atoms with Crippen LogP contribution < -0.4 is 0 Å². The summed E-state index contributed by atoms with van der Waals surface area (Å²) in [5.41, 5.74) is 0. The van der Waals surface area contributed by atoms with Crippen LogP contribution in [0, 0.1) is 0 Å². The van der Waals surface area contributed by atoms with Crippen LogP contribution >= 0.6 is 7.82 Å². The standard InChI is InChI=1S/C39H79O10P/c1-4-6-8-10-12-14-16-18-20-22-24-26-28-30-32-34-36-42-39(38(3)44-50(40,41)49-48-47-46-45-39)43-37-35-33-31-29-27-25-23-21-19-17-15-13-11-9-7-5-2/h38H,4-37H2,1-3H3,(H,40,41). The Bertz CT molecular complexity index is 720. The fourth-order valence-corrected chi connectivity index (χ4v) is 7.19. The first-order valence-corrected chi connectivity index (χ1v) is 22.6. The van der Waals surface area contributed by atoms with Crippen molar-refractivity contribution in [2.24, 2.45) is 0 Å². The summed E-state index contributed by atoms with van der Waals surface area (Å²) in [6.07, 6.45) is 39.6. The molecule has 1 N–H and O–H groups in total. The van der Waals surface area contributed by atoms with Crippen LogP contribution in [0.25, 0.3) is 0 Å². The molecule has 0 spiro atoms. The smallest absolute Gasteiger partial charge is 0.323 e. The van der Waals surface area contributed by atoms with E-state index in [4.69, 9.17) is 18.9 Å². The quantitative estimate of drug-likeness (QED) is 0.0288. The van der Waals surface area contributed by atoms with E-state index in [2.05, 4.69) is 33.6 Å². The van der Waals surface area contributed by atoms with Crippen LogP contribution in [0.1, 0.15) is 226 Å². The molecule has 10 nitrogen and oxygen atoms in total. The van der Waals surface area contributed by atoms with Gasteiger partial charge in [-0.1, -0.05) is 211 Å². The number of hydrogen-bond donors (Lipinski definition) is 1. The van der Waals surface area contributed by atoms with Crippen LogP contribution in [-0.4, -0.2) is 30.2 Å². The number of rotatable bonds is 36. The highest BCUT2D eigenvalue weighted by molar-refractivity contribution is 7.47. The van der Waals surface area contributed by atoms with Gasteiger partial charge in [0.05, 0.1) is 13.2 Å². The van der Waals surface area contributed by atoms with Crippen LogP contribution in [-0.2, 0) is 43.2 Å². The lowest BCUT2D eigenvalue weighted by atomic mass is 10.0. The van der Waals surface area contributed by atoms with Crippen LogP contribution in [0.5, 0.6) is 0 Å². The maximum atomic E-state index is 12.2. The number of phosphoric ester groups is 1. The van der Waals surface area contributed by atoms with Gasteiger partial charge in [-0.2, -0.15) is 0 Å². The Kier molecular flexibility index (Phi) is 33.2. The lowest BCUT2D eigenvalue weighted by molar-refractivity contribution is -0.726. The Morgan fingerprint density at radius 3 is 1.10 bits per heavy atom. The van der Waals surface area contributed by atoms with Gasteiger partial charge in [-0.3, -0.25) is 4.52 Å². The van der Waals surface area contributed by atoms with Gasteiger partial charge in [0.25, 0.3) is 0 Å². The molecule has 0 aromatic heterocycles. The summed E-state index contributed by atoms with van der Waals surface area (Å²) < 4.78 is 33.6. The minimum absolute atomic E-state index is 0.284. The first-order valence-electron chi connectivity index (χ1n) is 21.1. The molecule has 1 fully saturated rings. The van der Waals surface area contributed by atoms with Gasteiger partial charge in [0, 0.05) is 0 Å². The van der Waals surface area contributed by atoms with E-state index in [1.54, 1.807) is 0 Å². The Morgan fingerprint density at radius 1 is 0.480 bits per heavy atom. The molecule has 1 saturated heterocycles. The summed E-state index contributed by atoms with van der Waals surface area (Å²) in [5.74, 6) is -1.93. The lowest BCUT2D eigenvalue weighted by Gasteiger charge is -2.34. The molecule has 0 bridgehead atoms. The number of unbranched alkanes of at least 4 members (excludes halogenated alkanes) is 30. The molecule has 0 radical (unpaired) electrons. The molecule has 2 atom stereocenters. The van der Waals surface area contributed by atoms with Crippen molar-refractivity contribution in [1.29, 1.82) is 0 Å². The van der Waals surface area contributed by atoms with Crippen molar-refractivity contribution in [1.82, 2.24) is 0 Å². The highest BCUT2D eigenvalue weighted by atomic mass is 31.2. The Morgan fingerprint density at radius 2 is 0.780 bits per heavy atom. The third-order valence-corrected chi connectivity index (χ3v) is 10.6. The molecule has 2 unspecified atom stereocenters. The Labute approximate surface area is 307 Å². The summed E-state index contributed by atoms with van der Waals surface area (Å²) in [6, 6.07) is 0. The largest absolute Gasteiger partial charge is 0.502 e. The maximum absolute atomic E-state index is 12.2. The van der Waals surface area contributed by atoms with E-state index in [1.807, 2.05) is 0 Å². The zero-order chi connectivity index (χ0) is 36.3. The van der Waals surface area contributed by atoms with E-state index in [9.17, 15) is 9.46 Å². The fourth-order valence-electron chi connectivity index (χ4n) is 6.53. The van der Waals surface area contributed by atoms with Crippen LogP contribution in [0.2, 0.25) is 0 Å². The van der Waals surface area contributed by atoms with Gasteiger partial charge in [-0.15, -0.1) is 4.89 Å². The third kappa shape index (κ3) is 28.4. The molecule has 1 aliphatic heterocycles. The van der Waals surface area contributed by atoms with Gasteiger partial charge >= 0.3 is 13.8 Å². The monoisotopic (exact) mass is 739 g/mol. The first-order chi connectivity index (χ1) is 24.5. The second-order valence-corrected chi connectivity index (χ2v) is 15.8. The molecule has 1 heterocycles. The van der Waals surface area contributed by atoms with Gasteiger partial charge in [-0.25, -0.2) is 4.57 Å². The number of phosphoric acid groups is 1. The normalized spacial score (nSPS) is 19.7. The molecule has 1 rings (SSSR count). The van der Waals surface area contributed by atoms with Crippen LogP contribution in [0.15, 0.2) is 0 Å². The molecule has 0 aromatic carbocycles. The second kappa shape index (κ2) is 34.6. The molecular formula is C39H79O10P. The van der Waals surface area contributed by atoms with Gasteiger partial charge < -0.3 is 14.4 Å². The predicted molar refractivity (Wildman–Crippen MR) is 200 cm³/mol. The average Bonchev–Trinajstić information content (AvgIpc) is 3.15. The Hall–Kier alpha value is -0.130. The summed E-state index contributed by atoms with van der Waals surface area (Å²) in [7, 11) is -4.64. The summed E-state index contributed by atoms with van der Waals surface area (Å²) >= 11 is 0. The molecule has 0 aliphatic carbocycles. The van der Waals surface area contributed by atoms with E-state index >= 15 is 0 Å². The van der Waals surface area contributed by atoms with Crippen molar-refractivity contribution < 1.29 is 48.1 Å². The number of hydrogen-bond acceptors (Lipinski definition) is 9. The Balaban J connectivity index is 2.21. The van der Waals surface area contributed by atoms with E-state index in [-0.39, 0.29) is 13.2 Å². The lowest BCUT2D eigenvalue weighted by Crippen LogP contribution is -2.49. The fraction of sp³-hybridized carbons (Fsp3) is 1.00. The molecule has 50 heavy (non-hydrogen) atoms. The molecule has 11 heteroatoms. The molecule has 300 valence electrons. The molecule has 1 aliphatic rings. The van der Waals surface area contributed by atoms with Gasteiger partial charge in [0.2, 0.25) is 0 Å². The van der Waals surface area contributed by atoms with Gasteiger partial charge in [0.15, 0.2) is 6.10 Å². The molecule has 0 amide bonds. The predicted octanol–water partition coefficient (Wildman–Crippen LogP) is 13.5. The second-order valence-electron chi connectivity index (χ2n) is 14.5. The minimum atomic E-state index is -4.64. The van der Waals surface area contributed by atoms with E-state index < -0.39 is 19.9 Å². The third-order valence-electron chi connectivity index (χ3n) is 9.72. The van der Waals surface area contributed by atoms with Crippen molar-refractivity contribution >= 4 is 7.82 Å². The molecular weight excluding hydrogens is 659 g/mol.